The van der Waals surface area contributed by atoms with Gasteiger partial charge in [0.2, 0.25) is 10.0 Å². The van der Waals surface area contributed by atoms with Gasteiger partial charge in [0.05, 0.1) is 11.4 Å². The first-order valence-corrected chi connectivity index (χ1v) is 9.06. The van der Waals surface area contributed by atoms with Gasteiger partial charge in [-0.15, -0.1) is 0 Å². The van der Waals surface area contributed by atoms with Crippen LogP contribution >= 0.6 is 0 Å². The van der Waals surface area contributed by atoms with Crippen LogP contribution in [0.5, 0.6) is 0 Å². The number of rotatable bonds is 5. The molecule has 0 radical (unpaired) electrons. The van der Waals surface area contributed by atoms with E-state index in [-0.39, 0.29) is 6.04 Å². The van der Waals surface area contributed by atoms with Crippen molar-refractivity contribution in [3.05, 3.63) is 11.4 Å². The highest BCUT2D eigenvalue weighted by Crippen LogP contribution is 2.27. The molecule has 2 rings (SSSR count). The van der Waals surface area contributed by atoms with E-state index in [4.69, 9.17) is 0 Å². The van der Waals surface area contributed by atoms with Crippen LogP contribution in [0.3, 0.4) is 0 Å². The van der Waals surface area contributed by atoms with E-state index in [1.165, 1.54) is 0 Å². The average Bonchev–Trinajstić information content (AvgIpc) is 2.70. The molecular formula is C14H26N4O2S. The molecule has 1 aromatic heterocycles. The second kappa shape index (κ2) is 6.46. The molecule has 120 valence electrons. The normalized spacial score (nSPS) is 17.6. The molecule has 0 atom stereocenters. The number of aryl methyl sites for hydroxylation is 2. The molecule has 0 saturated carbocycles. The van der Waals surface area contributed by atoms with Gasteiger partial charge in [-0.3, -0.25) is 4.68 Å². The quantitative estimate of drug-likeness (QED) is 0.886. The molecule has 1 aliphatic heterocycles. The first kappa shape index (κ1) is 16.5. The summed E-state index contributed by atoms with van der Waals surface area (Å²) >= 11 is 0. The van der Waals surface area contributed by atoms with Crippen LogP contribution < -0.4 is 5.32 Å². The lowest BCUT2D eigenvalue weighted by Gasteiger charge is -2.33. The third kappa shape index (κ3) is 3.14. The molecule has 1 N–H and O–H groups in total. The van der Waals surface area contributed by atoms with Gasteiger partial charge in [-0.05, 0) is 46.2 Å². The summed E-state index contributed by atoms with van der Waals surface area (Å²) in [5.41, 5.74) is 1.30. The van der Waals surface area contributed by atoms with Gasteiger partial charge in [0.25, 0.3) is 0 Å². The van der Waals surface area contributed by atoms with E-state index in [0.29, 0.717) is 22.8 Å². The lowest BCUT2D eigenvalue weighted by molar-refractivity contribution is 0.262. The van der Waals surface area contributed by atoms with Crippen LogP contribution in [-0.2, 0) is 17.1 Å². The molecular weight excluding hydrogens is 288 g/mol. The van der Waals surface area contributed by atoms with Crippen molar-refractivity contribution in [2.75, 3.05) is 19.6 Å². The molecule has 7 heteroatoms. The van der Waals surface area contributed by atoms with Crippen molar-refractivity contribution in [1.82, 2.24) is 19.4 Å². The molecule has 0 spiro atoms. The smallest absolute Gasteiger partial charge is 0.246 e. The number of nitrogens with zero attached hydrogens (tertiary/aromatic N) is 3. The van der Waals surface area contributed by atoms with Crippen LogP contribution in [0.4, 0.5) is 0 Å². The minimum absolute atomic E-state index is 0.0928. The van der Waals surface area contributed by atoms with E-state index in [0.717, 1.165) is 32.4 Å². The maximum Gasteiger partial charge on any atom is 0.246 e. The molecule has 0 bridgehead atoms. The zero-order valence-corrected chi connectivity index (χ0v) is 14.2. The van der Waals surface area contributed by atoms with Crippen LogP contribution in [-0.4, -0.2) is 48.2 Å². The Kier molecular flexibility index (Phi) is 5.06. The standard InChI is InChI=1S/C14H26N4O2S/c1-5-10-18(13-6-8-15-9-7-13)21(19,20)14-11(2)16-17(4)12(14)3/h13,15H,5-10H2,1-4H3. The molecule has 1 aromatic rings. The van der Waals surface area contributed by atoms with Gasteiger partial charge in [0, 0.05) is 19.6 Å². The molecule has 1 saturated heterocycles. The molecule has 2 heterocycles. The zero-order valence-electron chi connectivity index (χ0n) is 13.4. The highest BCUT2D eigenvalue weighted by Gasteiger charge is 2.35. The summed E-state index contributed by atoms with van der Waals surface area (Å²) < 4.78 is 29.6. The van der Waals surface area contributed by atoms with E-state index >= 15 is 0 Å². The molecule has 0 aromatic carbocycles. The fourth-order valence-electron chi connectivity index (χ4n) is 3.06. The summed E-state index contributed by atoms with van der Waals surface area (Å²) in [6, 6.07) is 0.0928. The van der Waals surface area contributed by atoms with Crippen LogP contribution in [0.25, 0.3) is 0 Å². The number of aromatic nitrogens is 2. The number of hydrogen-bond donors (Lipinski definition) is 1. The molecule has 0 unspecified atom stereocenters. The first-order valence-electron chi connectivity index (χ1n) is 7.62. The Morgan fingerprint density at radius 2 is 1.95 bits per heavy atom. The van der Waals surface area contributed by atoms with Crippen molar-refractivity contribution in [3.63, 3.8) is 0 Å². The average molecular weight is 314 g/mol. The summed E-state index contributed by atoms with van der Waals surface area (Å²) in [6.07, 6.45) is 2.57. The lowest BCUT2D eigenvalue weighted by Crippen LogP contribution is -2.46. The van der Waals surface area contributed by atoms with Gasteiger partial charge in [-0.25, -0.2) is 8.42 Å². The summed E-state index contributed by atoms with van der Waals surface area (Å²) in [5.74, 6) is 0. The Balaban J connectivity index is 2.41. The van der Waals surface area contributed by atoms with Crippen molar-refractivity contribution >= 4 is 10.0 Å². The second-order valence-electron chi connectivity index (χ2n) is 5.72. The van der Waals surface area contributed by atoms with Gasteiger partial charge in [0.1, 0.15) is 4.90 Å². The summed E-state index contributed by atoms with van der Waals surface area (Å²) in [7, 11) is -1.69. The minimum atomic E-state index is -3.48. The first-order chi connectivity index (χ1) is 9.89. The summed E-state index contributed by atoms with van der Waals surface area (Å²) in [5, 5.41) is 7.55. The molecule has 0 aliphatic carbocycles. The third-order valence-corrected chi connectivity index (χ3v) is 6.37. The lowest BCUT2D eigenvalue weighted by atomic mass is 10.1. The predicted molar refractivity (Wildman–Crippen MR) is 82.8 cm³/mol. The third-order valence-electron chi connectivity index (χ3n) is 4.17. The van der Waals surface area contributed by atoms with E-state index in [1.807, 2.05) is 13.8 Å². The highest BCUT2D eigenvalue weighted by atomic mass is 32.2. The molecule has 1 fully saturated rings. The molecule has 21 heavy (non-hydrogen) atoms. The largest absolute Gasteiger partial charge is 0.317 e. The van der Waals surface area contributed by atoms with E-state index in [1.54, 1.807) is 23.0 Å². The van der Waals surface area contributed by atoms with Crippen LogP contribution in [0, 0.1) is 13.8 Å². The van der Waals surface area contributed by atoms with Gasteiger partial charge in [0.15, 0.2) is 0 Å². The second-order valence-corrected chi connectivity index (χ2v) is 7.55. The number of piperidine rings is 1. The van der Waals surface area contributed by atoms with Gasteiger partial charge >= 0.3 is 0 Å². The molecule has 6 nitrogen and oxygen atoms in total. The Morgan fingerprint density at radius 3 is 2.43 bits per heavy atom. The zero-order chi connectivity index (χ0) is 15.6. The predicted octanol–water partition coefficient (Wildman–Crippen LogP) is 1.19. The minimum Gasteiger partial charge on any atom is -0.317 e. The van der Waals surface area contributed by atoms with Crippen molar-refractivity contribution in [2.24, 2.45) is 7.05 Å². The van der Waals surface area contributed by atoms with Crippen LogP contribution in [0.1, 0.15) is 37.6 Å². The van der Waals surface area contributed by atoms with Crippen molar-refractivity contribution in [1.29, 1.82) is 0 Å². The monoisotopic (exact) mass is 314 g/mol. The number of nitrogens with one attached hydrogen (secondary N) is 1. The Hall–Kier alpha value is -0.920. The Morgan fingerprint density at radius 1 is 1.33 bits per heavy atom. The van der Waals surface area contributed by atoms with Crippen LogP contribution in [0.15, 0.2) is 4.90 Å². The Labute approximate surface area is 127 Å². The topological polar surface area (TPSA) is 67.2 Å². The van der Waals surface area contributed by atoms with Crippen molar-refractivity contribution < 1.29 is 8.42 Å². The van der Waals surface area contributed by atoms with Crippen LogP contribution in [0.2, 0.25) is 0 Å². The van der Waals surface area contributed by atoms with E-state index < -0.39 is 10.0 Å². The van der Waals surface area contributed by atoms with E-state index in [2.05, 4.69) is 10.4 Å². The Bertz CT molecular complexity index is 588. The number of hydrogen-bond acceptors (Lipinski definition) is 4. The maximum atomic E-state index is 13.1. The van der Waals surface area contributed by atoms with Crippen molar-refractivity contribution in [2.45, 2.75) is 51.0 Å². The molecule has 0 amide bonds. The fourth-order valence-corrected chi connectivity index (χ4v) is 5.24. The SMILES string of the molecule is CCCN(C1CCNCC1)S(=O)(=O)c1c(C)nn(C)c1C. The maximum absolute atomic E-state index is 13.1. The molecule has 1 aliphatic rings. The van der Waals surface area contributed by atoms with Gasteiger partial charge in [-0.2, -0.15) is 9.40 Å². The highest BCUT2D eigenvalue weighted by molar-refractivity contribution is 7.89. The summed E-state index contributed by atoms with van der Waals surface area (Å²) in [4.78, 5) is 0.386. The number of sulfonamides is 1. The van der Waals surface area contributed by atoms with E-state index in [9.17, 15) is 8.42 Å². The fraction of sp³-hybridized carbons (Fsp3) is 0.786. The van der Waals surface area contributed by atoms with Gasteiger partial charge < -0.3 is 5.32 Å². The summed E-state index contributed by atoms with van der Waals surface area (Å²) in [6.45, 7) is 7.94. The van der Waals surface area contributed by atoms with Crippen molar-refractivity contribution in [3.8, 4) is 0 Å². The van der Waals surface area contributed by atoms with Gasteiger partial charge in [-0.1, -0.05) is 6.92 Å².